The van der Waals surface area contributed by atoms with Crippen molar-refractivity contribution in [3.63, 3.8) is 0 Å². The van der Waals surface area contributed by atoms with E-state index in [0.29, 0.717) is 17.8 Å². The van der Waals surface area contributed by atoms with E-state index >= 15 is 0 Å². The van der Waals surface area contributed by atoms with Crippen LogP contribution in [0.15, 0.2) is 60.7 Å². The van der Waals surface area contributed by atoms with Crippen LogP contribution < -0.4 is 4.72 Å². The maximum Gasteiger partial charge on any atom is 0.516 e. The molecule has 2 aromatic carbocycles. The van der Waals surface area contributed by atoms with Crippen molar-refractivity contribution in [2.45, 2.75) is 32.8 Å². The maximum absolute atomic E-state index is 12.9. The van der Waals surface area contributed by atoms with Crippen molar-refractivity contribution in [2.75, 3.05) is 4.72 Å². The van der Waals surface area contributed by atoms with Gasteiger partial charge in [0.05, 0.1) is 23.4 Å². The van der Waals surface area contributed by atoms with E-state index in [4.69, 9.17) is 0 Å². The number of hydrogen-bond acceptors (Lipinski definition) is 5. The number of para-hydroxylation sites is 1. The third kappa shape index (κ3) is 4.62. The number of imidazole rings is 1. The molecule has 0 aliphatic rings. The molecule has 5 aromatic rings. The molecule has 0 spiro atoms. The summed E-state index contributed by atoms with van der Waals surface area (Å²) in [4.78, 5) is 13.9. The summed E-state index contributed by atoms with van der Waals surface area (Å²) < 4.78 is 65.7. The van der Waals surface area contributed by atoms with Crippen molar-refractivity contribution in [1.29, 1.82) is 0 Å². The first-order valence-corrected chi connectivity index (χ1v) is 12.8. The predicted octanol–water partition coefficient (Wildman–Crippen LogP) is 5.88. The highest BCUT2D eigenvalue weighted by molar-refractivity contribution is 7.93. The Morgan fingerprint density at radius 2 is 1.68 bits per heavy atom. The van der Waals surface area contributed by atoms with Gasteiger partial charge < -0.3 is 4.57 Å². The monoisotopic (exact) mass is 525 g/mol. The van der Waals surface area contributed by atoms with Crippen LogP contribution in [0.3, 0.4) is 0 Å². The molecule has 0 bridgehead atoms. The van der Waals surface area contributed by atoms with E-state index in [9.17, 15) is 21.6 Å². The molecule has 0 fully saturated rings. The highest BCUT2D eigenvalue weighted by atomic mass is 32.2. The maximum atomic E-state index is 12.9. The molecule has 3 heterocycles. The summed E-state index contributed by atoms with van der Waals surface area (Å²) in [5.74, 6) is 0.850. The standard InChI is InChI=1S/C26H22F3N5O2S/c1-15-12-16(2)30-25-24(15)31-17(3)34(25)14-18-8-10-21-19(13-18)9-11-22(32-21)20-6-4-5-7-23(20)33-37(35,36)26(27,28)29/h4-13,33H,14H2,1-3H3. The number of nitrogens with zero attached hydrogens (tertiary/aromatic N) is 4. The normalized spacial score (nSPS) is 12.4. The molecule has 11 heteroatoms. The molecular formula is C26H22F3N5O2S. The molecule has 0 aliphatic heterocycles. The van der Waals surface area contributed by atoms with Crippen LogP contribution in [0.2, 0.25) is 0 Å². The molecule has 0 saturated carbocycles. The average Bonchev–Trinajstić information content (AvgIpc) is 3.13. The molecule has 7 nitrogen and oxygen atoms in total. The van der Waals surface area contributed by atoms with Crippen molar-refractivity contribution in [1.82, 2.24) is 19.5 Å². The first-order valence-electron chi connectivity index (χ1n) is 11.3. The van der Waals surface area contributed by atoms with Crippen LogP contribution in [0.4, 0.5) is 18.9 Å². The van der Waals surface area contributed by atoms with Gasteiger partial charge in [-0.3, -0.25) is 4.72 Å². The zero-order chi connectivity index (χ0) is 26.5. The van der Waals surface area contributed by atoms with Gasteiger partial charge in [-0.2, -0.15) is 21.6 Å². The molecule has 5 rings (SSSR count). The highest BCUT2D eigenvalue weighted by Crippen LogP contribution is 2.32. The minimum Gasteiger partial charge on any atom is -0.308 e. The summed E-state index contributed by atoms with van der Waals surface area (Å²) in [6.07, 6.45) is 0. The molecule has 37 heavy (non-hydrogen) atoms. The van der Waals surface area contributed by atoms with E-state index in [1.807, 2.05) is 51.1 Å². The molecule has 3 aromatic heterocycles. The van der Waals surface area contributed by atoms with Gasteiger partial charge in [-0.15, -0.1) is 0 Å². The number of benzene rings is 2. The summed E-state index contributed by atoms with van der Waals surface area (Å²) in [6, 6.07) is 17.0. The van der Waals surface area contributed by atoms with E-state index in [1.165, 1.54) is 18.2 Å². The predicted molar refractivity (Wildman–Crippen MR) is 137 cm³/mol. The number of sulfonamides is 1. The molecular weight excluding hydrogens is 503 g/mol. The lowest BCUT2D eigenvalue weighted by atomic mass is 10.1. The number of rotatable bonds is 5. The zero-order valence-corrected chi connectivity index (χ0v) is 20.9. The lowest BCUT2D eigenvalue weighted by molar-refractivity contribution is -0.0429. The minimum absolute atomic E-state index is 0.205. The van der Waals surface area contributed by atoms with Crippen LogP contribution in [0.5, 0.6) is 0 Å². The quantitative estimate of drug-likeness (QED) is 0.309. The second-order valence-corrected chi connectivity index (χ2v) is 10.5. The van der Waals surface area contributed by atoms with E-state index in [1.54, 1.807) is 16.9 Å². The van der Waals surface area contributed by atoms with Gasteiger partial charge in [0.25, 0.3) is 0 Å². The smallest absolute Gasteiger partial charge is 0.308 e. The number of hydrogen-bond donors (Lipinski definition) is 1. The number of nitrogens with one attached hydrogen (secondary N) is 1. The van der Waals surface area contributed by atoms with Gasteiger partial charge in [0.1, 0.15) is 11.3 Å². The number of aryl methyl sites for hydroxylation is 3. The summed E-state index contributed by atoms with van der Waals surface area (Å²) in [5.41, 5.74) is 0.234. The Labute approximate surface area is 211 Å². The third-order valence-corrected chi connectivity index (χ3v) is 7.16. The van der Waals surface area contributed by atoms with Gasteiger partial charge in [-0.25, -0.2) is 15.0 Å². The fourth-order valence-corrected chi connectivity index (χ4v) is 4.89. The topological polar surface area (TPSA) is 89.8 Å². The Kier molecular flexibility index (Phi) is 5.90. The fraction of sp³-hybridized carbons (Fsp3) is 0.192. The Bertz CT molecular complexity index is 1780. The lowest BCUT2D eigenvalue weighted by Crippen LogP contribution is -2.30. The Morgan fingerprint density at radius 3 is 2.43 bits per heavy atom. The van der Waals surface area contributed by atoms with Crippen LogP contribution in [0, 0.1) is 20.8 Å². The van der Waals surface area contributed by atoms with Gasteiger partial charge in [-0.05, 0) is 62.2 Å². The largest absolute Gasteiger partial charge is 0.516 e. The third-order valence-electron chi connectivity index (χ3n) is 6.06. The molecule has 0 aliphatic carbocycles. The van der Waals surface area contributed by atoms with Crippen molar-refractivity contribution in [3.8, 4) is 11.3 Å². The summed E-state index contributed by atoms with van der Waals surface area (Å²) in [7, 11) is -5.57. The fourth-order valence-electron chi connectivity index (χ4n) is 4.31. The number of pyridine rings is 2. The second kappa shape index (κ2) is 8.84. The number of alkyl halides is 3. The van der Waals surface area contributed by atoms with E-state index in [2.05, 4.69) is 19.5 Å². The van der Waals surface area contributed by atoms with Gasteiger partial charge in [0, 0.05) is 16.6 Å². The van der Waals surface area contributed by atoms with Crippen LogP contribution in [-0.2, 0) is 16.6 Å². The van der Waals surface area contributed by atoms with Crippen molar-refractivity contribution in [3.05, 3.63) is 83.3 Å². The van der Waals surface area contributed by atoms with E-state index in [-0.39, 0.29) is 11.3 Å². The van der Waals surface area contributed by atoms with Crippen LogP contribution in [0.25, 0.3) is 33.3 Å². The Balaban J connectivity index is 1.49. The first kappa shape index (κ1) is 24.7. The van der Waals surface area contributed by atoms with Crippen molar-refractivity contribution < 1.29 is 21.6 Å². The molecule has 0 atom stereocenters. The lowest BCUT2D eigenvalue weighted by Gasteiger charge is -2.14. The highest BCUT2D eigenvalue weighted by Gasteiger charge is 2.46. The van der Waals surface area contributed by atoms with Gasteiger partial charge >= 0.3 is 15.5 Å². The minimum atomic E-state index is -5.57. The number of fused-ring (bicyclic) bond motifs is 2. The number of aromatic nitrogens is 4. The summed E-state index contributed by atoms with van der Waals surface area (Å²) in [6.45, 7) is 6.46. The number of halogens is 3. The van der Waals surface area contributed by atoms with Crippen LogP contribution in [0.1, 0.15) is 22.6 Å². The number of anilines is 1. The molecule has 1 N–H and O–H groups in total. The van der Waals surface area contributed by atoms with Gasteiger partial charge in [-0.1, -0.05) is 30.3 Å². The van der Waals surface area contributed by atoms with E-state index < -0.39 is 15.5 Å². The van der Waals surface area contributed by atoms with Crippen LogP contribution >= 0.6 is 0 Å². The van der Waals surface area contributed by atoms with Gasteiger partial charge in [0.15, 0.2) is 5.65 Å². The van der Waals surface area contributed by atoms with Crippen molar-refractivity contribution in [2.24, 2.45) is 0 Å². The Hall–Kier alpha value is -3.99. The summed E-state index contributed by atoms with van der Waals surface area (Å²) >= 11 is 0. The summed E-state index contributed by atoms with van der Waals surface area (Å²) in [5, 5.41) is 0.831. The molecule has 0 amide bonds. The molecule has 0 unspecified atom stereocenters. The van der Waals surface area contributed by atoms with Gasteiger partial charge in [0.2, 0.25) is 0 Å². The zero-order valence-electron chi connectivity index (χ0n) is 20.1. The first-order chi connectivity index (χ1) is 17.4. The average molecular weight is 526 g/mol. The molecule has 0 radical (unpaired) electrons. The molecule has 190 valence electrons. The SMILES string of the molecule is Cc1cc(C)c2nc(C)n(Cc3ccc4nc(-c5ccccc5NS(=O)(=O)C(F)(F)F)ccc4c3)c2n1. The van der Waals surface area contributed by atoms with Crippen molar-refractivity contribution >= 4 is 37.8 Å². The Morgan fingerprint density at radius 1 is 0.919 bits per heavy atom. The van der Waals surface area contributed by atoms with E-state index in [0.717, 1.165) is 39.2 Å². The second-order valence-electron chi connectivity index (χ2n) is 8.82. The molecule has 0 saturated heterocycles. The van der Waals surface area contributed by atoms with Crippen LogP contribution in [-0.4, -0.2) is 33.4 Å².